The molecule has 0 saturated carbocycles. The first-order valence-electron chi connectivity index (χ1n) is 9.05. The van der Waals surface area contributed by atoms with Crippen molar-refractivity contribution in [2.75, 3.05) is 0 Å². The molecule has 0 bridgehead atoms. The first kappa shape index (κ1) is 21.8. The van der Waals surface area contributed by atoms with Gasteiger partial charge in [-0.1, -0.05) is 38.1 Å². The summed E-state index contributed by atoms with van der Waals surface area (Å²) >= 11 is 0. The molecule has 0 aromatic heterocycles. The van der Waals surface area contributed by atoms with Crippen LogP contribution in [0.4, 0.5) is 0 Å². The van der Waals surface area contributed by atoms with Crippen LogP contribution in [0.2, 0.25) is 0 Å². The number of carbonyl (C=O) groups excluding carboxylic acids is 2. The summed E-state index contributed by atoms with van der Waals surface area (Å²) in [5, 5.41) is 18.8. The van der Waals surface area contributed by atoms with Crippen molar-refractivity contribution in [1.82, 2.24) is 0 Å². The van der Waals surface area contributed by atoms with Gasteiger partial charge in [0.05, 0.1) is 0 Å². The van der Waals surface area contributed by atoms with Crippen molar-refractivity contribution in [1.29, 1.82) is 0 Å². The molecule has 6 nitrogen and oxygen atoms in total. The van der Waals surface area contributed by atoms with Gasteiger partial charge in [0.25, 0.3) is 0 Å². The lowest BCUT2D eigenvalue weighted by atomic mass is 9.78. The lowest BCUT2D eigenvalue weighted by Gasteiger charge is -2.26. The summed E-state index contributed by atoms with van der Waals surface area (Å²) in [5.41, 5.74) is 1.58. The molecule has 2 aromatic carbocycles. The fraction of sp³-hybridized carbons (Fsp3) is 0.217. The van der Waals surface area contributed by atoms with Crippen LogP contribution in [0.3, 0.4) is 0 Å². The number of carbonyl (C=O) groups is 2. The Balaban J connectivity index is 2.15. The molecule has 152 valence electrons. The van der Waals surface area contributed by atoms with Crippen LogP contribution >= 0.6 is 0 Å². The van der Waals surface area contributed by atoms with E-state index in [4.69, 9.17) is 9.47 Å². The quantitative estimate of drug-likeness (QED) is 0.317. The van der Waals surface area contributed by atoms with Crippen LogP contribution in [-0.2, 0) is 15.0 Å². The van der Waals surface area contributed by atoms with Crippen molar-refractivity contribution in [3.05, 3.63) is 83.3 Å². The van der Waals surface area contributed by atoms with E-state index in [1.165, 1.54) is 26.0 Å². The molecule has 0 atom stereocenters. The number of benzene rings is 2. The van der Waals surface area contributed by atoms with Crippen molar-refractivity contribution in [2.45, 2.75) is 33.1 Å². The van der Waals surface area contributed by atoms with Crippen LogP contribution < -0.4 is 9.47 Å². The number of hydrogen-bond donors (Lipinski definition) is 2. The van der Waals surface area contributed by atoms with E-state index in [-0.39, 0.29) is 5.41 Å². The monoisotopic (exact) mass is 396 g/mol. The molecule has 0 fully saturated rings. The minimum Gasteiger partial charge on any atom is -0.502 e. The zero-order chi connectivity index (χ0) is 21.6. The molecular formula is C23H24O6. The maximum Gasteiger partial charge on any atom is 0.378 e. The van der Waals surface area contributed by atoms with Gasteiger partial charge in [0, 0.05) is 5.41 Å². The fourth-order valence-corrected chi connectivity index (χ4v) is 2.60. The average Bonchev–Trinajstić information content (AvgIpc) is 2.73. The highest BCUT2D eigenvalue weighted by Crippen LogP contribution is 2.33. The van der Waals surface area contributed by atoms with Crippen molar-refractivity contribution in [3.8, 4) is 11.5 Å². The highest BCUT2D eigenvalue weighted by molar-refractivity contribution is 5.87. The van der Waals surface area contributed by atoms with Crippen molar-refractivity contribution in [2.24, 2.45) is 0 Å². The summed E-state index contributed by atoms with van der Waals surface area (Å²) in [7, 11) is 0. The lowest BCUT2D eigenvalue weighted by molar-refractivity contribution is -0.133. The SMILES string of the molecule is CC=C(O)C(=O)Oc1ccc(C(C)(C)c2ccc(OC(=O)C(O)=CC)cc2)cc1. The number of ether oxygens (including phenoxy) is 2. The van der Waals surface area contributed by atoms with E-state index >= 15 is 0 Å². The van der Waals surface area contributed by atoms with Gasteiger partial charge >= 0.3 is 11.9 Å². The molecule has 29 heavy (non-hydrogen) atoms. The van der Waals surface area contributed by atoms with Crippen LogP contribution in [0.25, 0.3) is 0 Å². The summed E-state index contributed by atoms with van der Waals surface area (Å²) in [6.07, 6.45) is 2.53. The Kier molecular flexibility index (Phi) is 6.83. The summed E-state index contributed by atoms with van der Waals surface area (Å²) in [6.45, 7) is 7.15. The summed E-state index contributed by atoms with van der Waals surface area (Å²) in [4.78, 5) is 23.2. The normalized spacial score (nSPS) is 12.4. The second kappa shape index (κ2) is 9.10. The molecule has 2 aromatic rings. The van der Waals surface area contributed by atoms with Crippen LogP contribution in [0.1, 0.15) is 38.8 Å². The van der Waals surface area contributed by atoms with Gasteiger partial charge in [0.15, 0.2) is 11.5 Å². The smallest absolute Gasteiger partial charge is 0.378 e. The topological polar surface area (TPSA) is 93.1 Å². The molecule has 2 rings (SSSR count). The van der Waals surface area contributed by atoms with Crippen molar-refractivity contribution in [3.63, 3.8) is 0 Å². The molecule has 0 saturated heterocycles. The van der Waals surface area contributed by atoms with Crippen LogP contribution in [0, 0.1) is 0 Å². The van der Waals surface area contributed by atoms with Gasteiger partial charge in [-0.25, -0.2) is 9.59 Å². The molecule has 6 heteroatoms. The maximum absolute atomic E-state index is 11.6. The first-order chi connectivity index (χ1) is 13.7. The Morgan fingerprint density at radius 2 is 1.03 bits per heavy atom. The number of aliphatic hydroxyl groups excluding tert-OH is 2. The Morgan fingerprint density at radius 1 is 0.724 bits per heavy atom. The number of esters is 2. The van der Waals surface area contributed by atoms with Crippen LogP contribution in [0.15, 0.2) is 72.2 Å². The molecule has 0 unspecified atom stereocenters. The minimum atomic E-state index is -0.811. The van der Waals surface area contributed by atoms with Gasteiger partial charge in [0.2, 0.25) is 0 Å². The van der Waals surface area contributed by atoms with Gasteiger partial charge < -0.3 is 19.7 Å². The van der Waals surface area contributed by atoms with E-state index in [1.54, 1.807) is 24.3 Å². The molecule has 0 amide bonds. The Hall–Kier alpha value is -3.54. The van der Waals surface area contributed by atoms with Gasteiger partial charge in [-0.15, -0.1) is 0 Å². The Labute approximate surface area is 169 Å². The Morgan fingerprint density at radius 3 is 1.31 bits per heavy atom. The summed E-state index contributed by atoms with van der Waals surface area (Å²) in [5.74, 6) is -1.86. The van der Waals surface area contributed by atoms with E-state index in [0.717, 1.165) is 11.1 Å². The average molecular weight is 396 g/mol. The predicted octanol–water partition coefficient (Wildman–Crippen LogP) is 4.75. The van der Waals surface area contributed by atoms with E-state index in [2.05, 4.69) is 0 Å². The van der Waals surface area contributed by atoms with Gasteiger partial charge in [0.1, 0.15) is 11.5 Å². The van der Waals surface area contributed by atoms with Crippen LogP contribution in [-0.4, -0.2) is 22.2 Å². The van der Waals surface area contributed by atoms with Crippen molar-refractivity contribution < 1.29 is 29.3 Å². The third kappa shape index (κ3) is 5.25. The second-order valence-corrected chi connectivity index (χ2v) is 6.80. The first-order valence-corrected chi connectivity index (χ1v) is 9.05. The minimum absolute atomic E-state index is 0.328. The largest absolute Gasteiger partial charge is 0.502 e. The molecule has 0 spiro atoms. The lowest BCUT2D eigenvalue weighted by Crippen LogP contribution is -2.19. The van der Waals surface area contributed by atoms with Crippen molar-refractivity contribution >= 4 is 11.9 Å². The predicted molar refractivity (Wildman–Crippen MR) is 109 cm³/mol. The fourth-order valence-electron chi connectivity index (χ4n) is 2.60. The number of aliphatic hydroxyl groups is 2. The highest BCUT2D eigenvalue weighted by Gasteiger charge is 2.23. The summed E-state index contributed by atoms with van der Waals surface area (Å²) in [6, 6.07) is 14.0. The molecule has 0 aliphatic rings. The molecular weight excluding hydrogens is 372 g/mol. The highest BCUT2D eigenvalue weighted by atomic mass is 16.6. The van der Waals surface area contributed by atoms with E-state index < -0.39 is 23.5 Å². The second-order valence-electron chi connectivity index (χ2n) is 6.80. The summed E-state index contributed by atoms with van der Waals surface area (Å²) < 4.78 is 10.2. The van der Waals surface area contributed by atoms with Gasteiger partial charge in [-0.3, -0.25) is 0 Å². The zero-order valence-corrected chi connectivity index (χ0v) is 16.8. The molecule has 0 aliphatic heterocycles. The molecule has 0 heterocycles. The number of rotatable bonds is 6. The van der Waals surface area contributed by atoms with E-state index in [9.17, 15) is 19.8 Å². The zero-order valence-electron chi connectivity index (χ0n) is 16.8. The van der Waals surface area contributed by atoms with Gasteiger partial charge in [-0.05, 0) is 61.4 Å². The van der Waals surface area contributed by atoms with Crippen LogP contribution in [0.5, 0.6) is 11.5 Å². The molecule has 0 radical (unpaired) electrons. The maximum atomic E-state index is 11.6. The molecule has 0 aliphatic carbocycles. The third-order valence-corrected chi connectivity index (χ3v) is 4.54. The van der Waals surface area contributed by atoms with E-state index in [0.29, 0.717) is 11.5 Å². The number of allylic oxidation sites excluding steroid dienone is 2. The third-order valence-electron chi connectivity index (χ3n) is 4.54. The molecule has 2 N–H and O–H groups in total. The standard InChI is InChI=1S/C23H24O6/c1-5-19(24)21(26)28-17-11-7-15(8-12-17)23(3,4)16-9-13-18(14-10-16)29-22(27)20(25)6-2/h5-14,24-25H,1-4H3. The van der Waals surface area contributed by atoms with E-state index in [1.807, 2.05) is 38.1 Å². The number of hydrogen-bond acceptors (Lipinski definition) is 6. The van der Waals surface area contributed by atoms with Gasteiger partial charge in [-0.2, -0.15) is 0 Å². The Bertz CT molecular complexity index is 857.